The van der Waals surface area contributed by atoms with Crippen molar-refractivity contribution in [3.63, 3.8) is 0 Å². The fourth-order valence-corrected chi connectivity index (χ4v) is 2.12. The van der Waals surface area contributed by atoms with E-state index in [1.54, 1.807) is 0 Å². The standard InChI is InChI=1S/C9H14ClNOS/c1-9(2,3)7-5-13-8(11-7)6(12)4-10/h5-6,12H,4H2,1-3H3. The van der Waals surface area contributed by atoms with Crippen molar-refractivity contribution in [1.82, 2.24) is 4.98 Å². The summed E-state index contributed by atoms with van der Waals surface area (Å²) < 4.78 is 0. The van der Waals surface area contributed by atoms with Gasteiger partial charge in [0.25, 0.3) is 0 Å². The van der Waals surface area contributed by atoms with Crippen LogP contribution in [0.2, 0.25) is 0 Å². The highest BCUT2D eigenvalue weighted by molar-refractivity contribution is 7.09. The zero-order valence-corrected chi connectivity index (χ0v) is 9.61. The normalized spacial score (nSPS) is 14.5. The maximum atomic E-state index is 9.42. The summed E-state index contributed by atoms with van der Waals surface area (Å²) in [7, 11) is 0. The lowest BCUT2D eigenvalue weighted by Gasteiger charge is -2.14. The maximum Gasteiger partial charge on any atom is 0.123 e. The van der Waals surface area contributed by atoms with Gasteiger partial charge in [-0.05, 0) is 0 Å². The van der Waals surface area contributed by atoms with Crippen LogP contribution in [0.3, 0.4) is 0 Å². The first-order valence-electron chi connectivity index (χ1n) is 4.15. The van der Waals surface area contributed by atoms with Crippen LogP contribution in [0.1, 0.15) is 37.6 Å². The van der Waals surface area contributed by atoms with Gasteiger partial charge in [0.05, 0.1) is 11.6 Å². The Morgan fingerprint density at radius 2 is 2.23 bits per heavy atom. The van der Waals surface area contributed by atoms with Gasteiger partial charge >= 0.3 is 0 Å². The molecule has 0 aliphatic heterocycles. The highest BCUT2D eigenvalue weighted by atomic mass is 35.5. The Morgan fingerprint density at radius 1 is 1.62 bits per heavy atom. The molecule has 0 fully saturated rings. The molecule has 1 atom stereocenters. The Morgan fingerprint density at radius 3 is 2.62 bits per heavy atom. The van der Waals surface area contributed by atoms with E-state index in [0.717, 1.165) is 5.69 Å². The first-order valence-corrected chi connectivity index (χ1v) is 5.56. The lowest BCUT2D eigenvalue weighted by Crippen LogP contribution is -2.12. The number of hydrogen-bond donors (Lipinski definition) is 1. The molecule has 74 valence electrons. The minimum atomic E-state index is -0.622. The minimum Gasteiger partial charge on any atom is -0.385 e. The summed E-state index contributed by atoms with van der Waals surface area (Å²) in [5.41, 5.74) is 1.05. The molecule has 1 aromatic heterocycles. The molecule has 0 bridgehead atoms. The van der Waals surface area contributed by atoms with Crippen molar-refractivity contribution in [3.05, 3.63) is 16.1 Å². The van der Waals surface area contributed by atoms with Gasteiger partial charge in [-0.3, -0.25) is 0 Å². The van der Waals surface area contributed by atoms with Crippen LogP contribution in [-0.4, -0.2) is 16.0 Å². The van der Waals surface area contributed by atoms with Crippen molar-refractivity contribution < 1.29 is 5.11 Å². The molecule has 0 saturated heterocycles. The largest absolute Gasteiger partial charge is 0.385 e. The monoisotopic (exact) mass is 219 g/mol. The molecule has 0 aliphatic rings. The average Bonchev–Trinajstić information content (AvgIpc) is 2.50. The lowest BCUT2D eigenvalue weighted by atomic mass is 9.93. The van der Waals surface area contributed by atoms with Crippen LogP contribution < -0.4 is 0 Å². The van der Waals surface area contributed by atoms with E-state index in [1.165, 1.54) is 11.3 Å². The number of halogens is 1. The molecule has 0 spiro atoms. The predicted molar refractivity (Wildman–Crippen MR) is 56.5 cm³/mol. The molecule has 1 heterocycles. The zero-order chi connectivity index (χ0) is 10.1. The molecule has 0 aromatic carbocycles. The van der Waals surface area contributed by atoms with Gasteiger partial charge in [-0.15, -0.1) is 22.9 Å². The highest BCUT2D eigenvalue weighted by Gasteiger charge is 2.19. The fraction of sp³-hybridized carbons (Fsp3) is 0.667. The van der Waals surface area contributed by atoms with Crippen LogP contribution in [0.5, 0.6) is 0 Å². The number of aromatic nitrogens is 1. The number of thiazole rings is 1. The Balaban J connectivity index is 2.87. The smallest absolute Gasteiger partial charge is 0.123 e. The predicted octanol–water partition coefficient (Wildman–Crippen LogP) is 2.71. The number of hydrogen-bond acceptors (Lipinski definition) is 3. The summed E-state index contributed by atoms with van der Waals surface area (Å²) in [6.45, 7) is 6.29. The first-order chi connectivity index (χ1) is 5.95. The summed E-state index contributed by atoms with van der Waals surface area (Å²) in [4.78, 5) is 4.34. The SMILES string of the molecule is CC(C)(C)c1csc(C(O)CCl)n1. The van der Waals surface area contributed by atoms with E-state index < -0.39 is 6.10 Å². The Bertz CT molecular complexity index is 279. The molecular formula is C9H14ClNOS. The molecule has 4 heteroatoms. The average molecular weight is 220 g/mol. The lowest BCUT2D eigenvalue weighted by molar-refractivity contribution is 0.201. The summed E-state index contributed by atoms with van der Waals surface area (Å²) in [6.07, 6.45) is -0.622. The summed E-state index contributed by atoms with van der Waals surface area (Å²) >= 11 is 6.99. The van der Waals surface area contributed by atoms with Gasteiger partial charge in [0.2, 0.25) is 0 Å². The summed E-state index contributed by atoms with van der Waals surface area (Å²) in [6, 6.07) is 0. The molecule has 0 saturated carbocycles. The number of nitrogens with zero attached hydrogens (tertiary/aromatic N) is 1. The third-order valence-corrected chi connectivity index (χ3v) is 2.96. The third-order valence-electron chi connectivity index (χ3n) is 1.72. The van der Waals surface area contributed by atoms with Crippen LogP contribution in [0, 0.1) is 0 Å². The number of aliphatic hydroxyl groups excluding tert-OH is 1. The van der Waals surface area contributed by atoms with Crippen molar-refractivity contribution in [2.45, 2.75) is 32.3 Å². The van der Waals surface area contributed by atoms with Gasteiger partial charge in [0, 0.05) is 10.8 Å². The van der Waals surface area contributed by atoms with Gasteiger partial charge in [0.1, 0.15) is 11.1 Å². The molecule has 0 aliphatic carbocycles. The summed E-state index contributed by atoms with van der Waals surface area (Å²) in [5, 5.41) is 12.1. The number of aliphatic hydroxyl groups is 1. The van der Waals surface area contributed by atoms with Crippen molar-refractivity contribution in [1.29, 1.82) is 0 Å². The Hall–Kier alpha value is -0.120. The van der Waals surface area contributed by atoms with Crippen LogP contribution in [0.4, 0.5) is 0 Å². The summed E-state index contributed by atoms with van der Waals surface area (Å²) in [5.74, 6) is 0.205. The molecule has 1 aromatic rings. The van der Waals surface area contributed by atoms with Gasteiger partial charge < -0.3 is 5.11 Å². The van der Waals surface area contributed by atoms with E-state index in [4.69, 9.17) is 11.6 Å². The second-order valence-electron chi connectivity index (χ2n) is 3.99. The second kappa shape index (κ2) is 3.95. The van der Waals surface area contributed by atoms with Crippen molar-refractivity contribution in [3.8, 4) is 0 Å². The first kappa shape index (κ1) is 11.0. The second-order valence-corrected chi connectivity index (χ2v) is 5.19. The zero-order valence-electron chi connectivity index (χ0n) is 8.04. The van der Waals surface area contributed by atoms with E-state index >= 15 is 0 Å². The molecule has 0 amide bonds. The van der Waals surface area contributed by atoms with Crippen LogP contribution in [0.25, 0.3) is 0 Å². The topological polar surface area (TPSA) is 33.1 Å². The van der Waals surface area contributed by atoms with Crippen molar-refractivity contribution >= 4 is 22.9 Å². The van der Waals surface area contributed by atoms with Gasteiger partial charge in [0.15, 0.2) is 0 Å². The molecule has 1 rings (SSSR count). The Labute approximate surface area is 87.6 Å². The minimum absolute atomic E-state index is 0.0424. The Kier molecular flexibility index (Phi) is 3.33. The van der Waals surface area contributed by atoms with E-state index in [-0.39, 0.29) is 11.3 Å². The van der Waals surface area contributed by atoms with Crippen LogP contribution in [0.15, 0.2) is 5.38 Å². The maximum absolute atomic E-state index is 9.42. The fourth-order valence-electron chi connectivity index (χ4n) is 0.851. The van der Waals surface area contributed by atoms with Gasteiger partial charge in [-0.1, -0.05) is 20.8 Å². The molecule has 0 radical (unpaired) electrons. The quantitative estimate of drug-likeness (QED) is 0.776. The molecule has 1 unspecified atom stereocenters. The van der Waals surface area contributed by atoms with E-state index in [1.807, 2.05) is 5.38 Å². The van der Waals surface area contributed by atoms with E-state index in [0.29, 0.717) is 5.01 Å². The van der Waals surface area contributed by atoms with Crippen LogP contribution in [-0.2, 0) is 5.41 Å². The molecular weight excluding hydrogens is 206 g/mol. The van der Waals surface area contributed by atoms with E-state index in [2.05, 4.69) is 25.8 Å². The highest BCUT2D eigenvalue weighted by Crippen LogP contribution is 2.27. The van der Waals surface area contributed by atoms with Crippen LogP contribution >= 0.6 is 22.9 Å². The molecule has 2 nitrogen and oxygen atoms in total. The van der Waals surface area contributed by atoms with E-state index in [9.17, 15) is 5.11 Å². The number of rotatable bonds is 2. The third kappa shape index (κ3) is 2.66. The van der Waals surface area contributed by atoms with Gasteiger partial charge in [-0.2, -0.15) is 0 Å². The van der Waals surface area contributed by atoms with Crippen molar-refractivity contribution in [2.75, 3.05) is 5.88 Å². The molecule has 1 N–H and O–H groups in total. The number of alkyl halides is 1. The van der Waals surface area contributed by atoms with Gasteiger partial charge in [-0.25, -0.2) is 4.98 Å². The molecule has 13 heavy (non-hydrogen) atoms. The van der Waals surface area contributed by atoms with Crippen molar-refractivity contribution in [2.24, 2.45) is 0 Å².